The molecule has 0 bridgehead atoms. The number of hydrogen-bond donors (Lipinski definition) is 1. The summed E-state index contributed by atoms with van der Waals surface area (Å²) in [6.45, 7) is 0.0947. The van der Waals surface area contributed by atoms with Gasteiger partial charge in [0.1, 0.15) is 6.61 Å². The minimum Gasteiger partial charge on any atom is -0.444 e. The quantitative estimate of drug-likeness (QED) is 0.248. The first kappa shape index (κ1) is 21.2. The van der Waals surface area contributed by atoms with Crippen molar-refractivity contribution >= 4 is 68.1 Å². The summed E-state index contributed by atoms with van der Waals surface area (Å²) in [6, 6.07) is 19.7. The van der Waals surface area contributed by atoms with Crippen molar-refractivity contribution < 1.29 is 14.3 Å². The molecule has 10 heteroatoms. The van der Waals surface area contributed by atoms with E-state index in [2.05, 4.69) is 31.3 Å². The minimum absolute atomic E-state index is 0.0947. The van der Waals surface area contributed by atoms with E-state index in [-0.39, 0.29) is 6.61 Å². The number of nitrogens with one attached hydrogen (secondary N) is 1. The van der Waals surface area contributed by atoms with Crippen molar-refractivity contribution in [2.75, 3.05) is 5.32 Å². The first-order valence-electron chi connectivity index (χ1n) is 9.10. The van der Waals surface area contributed by atoms with Crippen LogP contribution in [-0.2, 0) is 11.3 Å². The normalized spacial score (nSPS) is 10.6. The van der Waals surface area contributed by atoms with Crippen LogP contribution in [0.1, 0.15) is 15.9 Å². The molecule has 0 aliphatic heterocycles. The molecule has 0 aliphatic carbocycles. The van der Waals surface area contributed by atoms with Gasteiger partial charge in [-0.25, -0.2) is 9.31 Å². The molecule has 4 rings (SSSR count). The SMILES string of the molecule is O=C(OCc1ccccc1)N(I)C(=O)c1ccc(Nc2nc3c(Br)cccn3n2)cc1. The molecule has 0 aliphatic rings. The Morgan fingerprint density at radius 1 is 1.06 bits per heavy atom. The van der Waals surface area contributed by atoms with Gasteiger partial charge in [0, 0.05) is 17.4 Å². The maximum Gasteiger partial charge on any atom is 0.426 e. The van der Waals surface area contributed by atoms with Crippen LogP contribution in [0.25, 0.3) is 5.65 Å². The van der Waals surface area contributed by atoms with E-state index in [4.69, 9.17) is 4.74 Å². The molecule has 0 spiro atoms. The maximum absolute atomic E-state index is 12.6. The maximum atomic E-state index is 12.6. The second-order valence-electron chi connectivity index (χ2n) is 6.39. The van der Waals surface area contributed by atoms with Gasteiger partial charge in [0.25, 0.3) is 5.91 Å². The van der Waals surface area contributed by atoms with Crippen LogP contribution in [0.3, 0.4) is 0 Å². The van der Waals surface area contributed by atoms with Gasteiger partial charge in [-0.15, -0.1) is 5.10 Å². The first-order valence-corrected chi connectivity index (χ1v) is 10.9. The zero-order chi connectivity index (χ0) is 21.8. The first-order chi connectivity index (χ1) is 15.0. The van der Waals surface area contributed by atoms with E-state index in [1.54, 1.807) is 57.8 Å². The van der Waals surface area contributed by atoms with Crippen molar-refractivity contribution in [2.45, 2.75) is 6.61 Å². The molecule has 4 aromatic rings. The van der Waals surface area contributed by atoms with E-state index in [0.717, 1.165) is 13.1 Å². The molecule has 0 saturated heterocycles. The summed E-state index contributed by atoms with van der Waals surface area (Å²) in [6.07, 6.45) is 1.07. The van der Waals surface area contributed by atoms with Crippen LogP contribution >= 0.6 is 38.8 Å². The van der Waals surface area contributed by atoms with Crippen LogP contribution in [0.4, 0.5) is 16.4 Å². The lowest BCUT2D eigenvalue weighted by atomic mass is 10.2. The summed E-state index contributed by atoms with van der Waals surface area (Å²) >= 11 is 5.08. The highest BCUT2D eigenvalue weighted by Crippen LogP contribution is 2.20. The minimum atomic E-state index is -0.726. The number of rotatable bonds is 5. The number of nitrogens with zero attached hydrogens (tertiary/aromatic N) is 4. The zero-order valence-corrected chi connectivity index (χ0v) is 19.6. The van der Waals surface area contributed by atoms with Crippen LogP contribution < -0.4 is 5.32 Å². The number of imide groups is 1. The Labute approximate surface area is 199 Å². The van der Waals surface area contributed by atoms with Gasteiger partial charge in [0.2, 0.25) is 5.95 Å². The molecule has 1 N–H and O–H groups in total. The Hall–Kier alpha value is -2.99. The Morgan fingerprint density at radius 2 is 1.81 bits per heavy atom. The molecule has 0 saturated carbocycles. The topological polar surface area (TPSA) is 88.8 Å². The fourth-order valence-electron chi connectivity index (χ4n) is 2.72. The number of amides is 2. The third kappa shape index (κ3) is 5.02. The van der Waals surface area contributed by atoms with Gasteiger partial charge < -0.3 is 10.1 Å². The van der Waals surface area contributed by atoms with Crippen LogP contribution in [0.2, 0.25) is 0 Å². The monoisotopic (exact) mass is 591 g/mol. The molecule has 8 nitrogen and oxygen atoms in total. The number of fused-ring (bicyclic) bond motifs is 1. The molecule has 0 unspecified atom stereocenters. The third-order valence-electron chi connectivity index (χ3n) is 4.25. The number of aromatic nitrogens is 3. The number of ether oxygens (including phenoxy) is 1. The number of halogens is 2. The highest BCUT2D eigenvalue weighted by atomic mass is 127. The van der Waals surface area contributed by atoms with Crippen molar-refractivity contribution in [3.8, 4) is 0 Å². The van der Waals surface area contributed by atoms with Gasteiger partial charge in [0.05, 0.1) is 27.3 Å². The lowest BCUT2D eigenvalue weighted by Crippen LogP contribution is -2.28. The van der Waals surface area contributed by atoms with Crippen molar-refractivity contribution in [1.82, 2.24) is 17.7 Å². The van der Waals surface area contributed by atoms with Crippen molar-refractivity contribution in [3.63, 3.8) is 0 Å². The Bertz CT molecular complexity index is 1230. The second-order valence-corrected chi connectivity index (χ2v) is 8.21. The van der Waals surface area contributed by atoms with E-state index in [1.807, 2.05) is 42.5 Å². The van der Waals surface area contributed by atoms with Crippen molar-refractivity contribution in [1.29, 1.82) is 0 Å². The number of carbonyl (C=O) groups excluding carboxylic acids is 2. The summed E-state index contributed by atoms with van der Waals surface area (Å²) in [5, 5.41) is 7.44. The van der Waals surface area contributed by atoms with E-state index in [1.165, 1.54) is 0 Å². The standard InChI is InChI=1S/C21H15BrIN5O3/c22-17-7-4-12-27-18(17)25-20(26-27)24-16-10-8-15(9-11-16)19(29)28(23)21(30)31-13-14-5-2-1-3-6-14/h1-12H,13H2,(H,24,26). The van der Waals surface area contributed by atoms with Gasteiger partial charge in [-0.05, 0) is 57.9 Å². The summed E-state index contributed by atoms with van der Waals surface area (Å²) < 4.78 is 8.60. The molecule has 2 aromatic heterocycles. The van der Waals surface area contributed by atoms with Gasteiger partial charge in [-0.1, -0.05) is 30.3 Å². The number of carbonyl (C=O) groups is 2. The van der Waals surface area contributed by atoms with Crippen LogP contribution in [0, 0.1) is 0 Å². The molecule has 156 valence electrons. The van der Waals surface area contributed by atoms with Crippen molar-refractivity contribution in [2.24, 2.45) is 0 Å². The summed E-state index contributed by atoms with van der Waals surface area (Å²) in [5.41, 5.74) is 2.58. The van der Waals surface area contributed by atoms with Crippen molar-refractivity contribution in [3.05, 3.63) is 88.5 Å². The fourth-order valence-corrected chi connectivity index (χ4v) is 3.56. The van der Waals surface area contributed by atoms with E-state index < -0.39 is 12.0 Å². The Morgan fingerprint density at radius 3 is 2.52 bits per heavy atom. The Balaban J connectivity index is 1.38. The van der Waals surface area contributed by atoms with Crippen LogP contribution in [-0.4, -0.2) is 29.7 Å². The highest BCUT2D eigenvalue weighted by molar-refractivity contribution is 14.1. The lowest BCUT2D eigenvalue weighted by Gasteiger charge is -2.13. The van der Waals surface area contributed by atoms with Gasteiger partial charge >= 0.3 is 6.09 Å². The molecule has 31 heavy (non-hydrogen) atoms. The molecule has 0 atom stereocenters. The summed E-state index contributed by atoms with van der Waals surface area (Å²) in [5.74, 6) is -0.0500. The molecule has 2 amide bonds. The second kappa shape index (κ2) is 9.43. The van der Waals surface area contributed by atoms with Crippen LogP contribution in [0.5, 0.6) is 0 Å². The fraction of sp³-hybridized carbons (Fsp3) is 0.0476. The summed E-state index contributed by atoms with van der Waals surface area (Å²) in [4.78, 5) is 29.2. The van der Waals surface area contributed by atoms with E-state index in [9.17, 15) is 9.59 Å². The zero-order valence-electron chi connectivity index (χ0n) is 15.9. The number of anilines is 2. The molecular formula is C21H15BrIN5O3. The summed E-state index contributed by atoms with van der Waals surface area (Å²) in [7, 11) is 0. The van der Waals surface area contributed by atoms with Gasteiger partial charge in [0.15, 0.2) is 5.65 Å². The molecule has 2 aromatic carbocycles. The highest BCUT2D eigenvalue weighted by Gasteiger charge is 2.22. The van der Waals surface area contributed by atoms with Crippen LogP contribution in [0.15, 0.2) is 77.4 Å². The molecule has 0 radical (unpaired) electrons. The van der Waals surface area contributed by atoms with Gasteiger partial charge in [-0.3, -0.25) is 4.79 Å². The molecule has 0 fully saturated rings. The average Bonchev–Trinajstić information content (AvgIpc) is 3.21. The largest absolute Gasteiger partial charge is 0.444 e. The van der Waals surface area contributed by atoms with E-state index in [0.29, 0.717) is 22.8 Å². The number of benzene rings is 2. The average molecular weight is 592 g/mol. The Kier molecular flexibility index (Phi) is 6.47. The predicted molar refractivity (Wildman–Crippen MR) is 127 cm³/mol. The lowest BCUT2D eigenvalue weighted by molar-refractivity contribution is 0.0820. The van der Waals surface area contributed by atoms with E-state index >= 15 is 0 Å². The third-order valence-corrected chi connectivity index (χ3v) is 5.70. The molecule has 2 heterocycles. The molecular weight excluding hydrogens is 577 g/mol. The smallest absolute Gasteiger partial charge is 0.426 e. The predicted octanol–water partition coefficient (Wildman–Crippen LogP) is 5.36. The van der Waals surface area contributed by atoms with Gasteiger partial charge in [-0.2, -0.15) is 8.10 Å². The number of pyridine rings is 1. The number of hydrogen-bond acceptors (Lipinski definition) is 6.